The fourth-order valence-corrected chi connectivity index (χ4v) is 1.31. The van der Waals surface area contributed by atoms with Crippen LogP contribution >= 0.6 is 0 Å². The molecular formula is C11H18N2O3. The van der Waals surface area contributed by atoms with Gasteiger partial charge in [-0.15, -0.1) is 0 Å². The minimum atomic E-state index is -1.04. The van der Waals surface area contributed by atoms with Crippen LogP contribution in [0.3, 0.4) is 0 Å². The molecule has 0 fully saturated rings. The summed E-state index contributed by atoms with van der Waals surface area (Å²) in [5, 5.41) is 12.0. The van der Waals surface area contributed by atoms with E-state index in [1.165, 1.54) is 6.07 Å². The first-order valence-electron chi connectivity index (χ1n) is 5.22. The zero-order chi connectivity index (χ0) is 12.1. The number of hydrogen-bond acceptors (Lipinski definition) is 4. The van der Waals surface area contributed by atoms with E-state index in [-0.39, 0.29) is 11.8 Å². The summed E-state index contributed by atoms with van der Waals surface area (Å²) in [6, 6.07) is 3.19. The Morgan fingerprint density at radius 1 is 1.56 bits per heavy atom. The molecule has 16 heavy (non-hydrogen) atoms. The Morgan fingerprint density at radius 2 is 2.25 bits per heavy atom. The largest absolute Gasteiger partial charge is 0.475 e. The van der Waals surface area contributed by atoms with Gasteiger partial charge in [0, 0.05) is 13.1 Å². The number of likely N-dealkylation sites (N-methyl/N-ethyl adjacent to an activating group) is 1. The van der Waals surface area contributed by atoms with E-state index in [2.05, 4.69) is 10.2 Å². The molecule has 5 nitrogen and oxygen atoms in total. The molecule has 1 unspecified atom stereocenters. The summed E-state index contributed by atoms with van der Waals surface area (Å²) in [7, 11) is 4.00. The van der Waals surface area contributed by atoms with Crippen LogP contribution in [0, 0.1) is 0 Å². The van der Waals surface area contributed by atoms with Crippen molar-refractivity contribution in [1.29, 1.82) is 0 Å². The average molecular weight is 226 g/mol. The molecule has 0 aromatic carbocycles. The van der Waals surface area contributed by atoms with Gasteiger partial charge < -0.3 is 19.7 Å². The number of furan rings is 1. The topological polar surface area (TPSA) is 65.7 Å². The number of hydrogen-bond donors (Lipinski definition) is 2. The minimum Gasteiger partial charge on any atom is -0.475 e. The summed E-state index contributed by atoms with van der Waals surface area (Å²) in [5.74, 6) is -0.404. The molecule has 0 amide bonds. The molecule has 0 bridgehead atoms. The highest BCUT2D eigenvalue weighted by molar-refractivity contribution is 5.84. The van der Waals surface area contributed by atoms with Crippen LogP contribution in [-0.2, 0) is 0 Å². The Morgan fingerprint density at radius 3 is 2.75 bits per heavy atom. The average Bonchev–Trinajstić information content (AvgIpc) is 2.65. The van der Waals surface area contributed by atoms with E-state index in [1.54, 1.807) is 6.07 Å². The summed E-state index contributed by atoms with van der Waals surface area (Å²) in [5.41, 5.74) is 0. The van der Waals surface area contributed by atoms with Gasteiger partial charge in [-0.05, 0) is 33.2 Å². The fourth-order valence-electron chi connectivity index (χ4n) is 1.31. The lowest BCUT2D eigenvalue weighted by atomic mass is 10.2. The van der Waals surface area contributed by atoms with Crippen molar-refractivity contribution in [3.8, 4) is 0 Å². The maximum Gasteiger partial charge on any atom is 0.371 e. The third-order valence-electron chi connectivity index (χ3n) is 2.27. The predicted octanol–water partition coefficient (Wildman–Crippen LogP) is 1.19. The summed E-state index contributed by atoms with van der Waals surface area (Å²) < 4.78 is 5.19. The van der Waals surface area contributed by atoms with Gasteiger partial charge in [-0.1, -0.05) is 0 Å². The molecule has 0 radical (unpaired) electrons. The first-order valence-corrected chi connectivity index (χ1v) is 5.22. The molecule has 1 heterocycles. The molecule has 0 saturated heterocycles. The number of carbonyl (C=O) groups is 1. The van der Waals surface area contributed by atoms with Gasteiger partial charge in [0.2, 0.25) is 5.76 Å². The van der Waals surface area contributed by atoms with Crippen molar-refractivity contribution in [1.82, 2.24) is 10.2 Å². The highest BCUT2D eigenvalue weighted by atomic mass is 16.4. The third-order valence-corrected chi connectivity index (χ3v) is 2.27. The molecule has 0 aliphatic rings. The van der Waals surface area contributed by atoms with Crippen molar-refractivity contribution in [3.05, 3.63) is 23.7 Å². The van der Waals surface area contributed by atoms with Gasteiger partial charge in [0.1, 0.15) is 5.76 Å². The summed E-state index contributed by atoms with van der Waals surface area (Å²) in [6.45, 7) is 3.70. The number of carboxylic acid groups (broad SMARTS) is 1. The number of nitrogens with zero attached hydrogens (tertiary/aromatic N) is 1. The zero-order valence-corrected chi connectivity index (χ0v) is 9.86. The summed E-state index contributed by atoms with van der Waals surface area (Å²) in [4.78, 5) is 12.7. The maximum absolute atomic E-state index is 10.6. The monoisotopic (exact) mass is 226 g/mol. The quantitative estimate of drug-likeness (QED) is 0.762. The van der Waals surface area contributed by atoms with Crippen LogP contribution in [0.15, 0.2) is 16.5 Å². The molecule has 90 valence electrons. The van der Waals surface area contributed by atoms with Gasteiger partial charge in [0.15, 0.2) is 0 Å². The van der Waals surface area contributed by atoms with Gasteiger partial charge in [-0.3, -0.25) is 0 Å². The molecule has 2 N–H and O–H groups in total. The molecule has 5 heteroatoms. The van der Waals surface area contributed by atoms with Crippen molar-refractivity contribution in [3.63, 3.8) is 0 Å². The lowest BCUT2D eigenvalue weighted by Gasteiger charge is -2.14. The number of aromatic carboxylic acids is 1. The van der Waals surface area contributed by atoms with Crippen LogP contribution in [0.2, 0.25) is 0 Å². The Bertz CT molecular complexity index is 347. The normalized spacial score (nSPS) is 13.0. The van der Waals surface area contributed by atoms with Crippen molar-refractivity contribution in [2.75, 3.05) is 27.2 Å². The van der Waals surface area contributed by atoms with Crippen LogP contribution in [-0.4, -0.2) is 43.2 Å². The van der Waals surface area contributed by atoms with E-state index in [1.807, 2.05) is 21.0 Å². The Kier molecular flexibility index (Phi) is 4.52. The molecule has 0 aliphatic carbocycles. The predicted molar refractivity (Wildman–Crippen MR) is 60.6 cm³/mol. The van der Waals surface area contributed by atoms with E-state index < -0.39 is 5.97 Å². The fraction of sp³-hybridized carbons (Fsp3) is 0.545. The molecular weight excluding hydrogens is 208 g/mol. The van der Waals surface area contributed by atoms with Crippen molar-refractivity contribution < 1.29 is 14.3 Å². The molecule has 1 atom stereocenters. The van der Waals surface area contributed by atoms with Crippen LogP contribution in [0.1, 0.15) is 29.3 Å². The van der Waals surface area contributed by atoms with E-state index >= 15 is 0 Å². The van der Waals surface area contributed by atoms with Crippen LogP contribution in [0.25, 0.3) is 0 Å². The van der Waals surface area contributed by atoms with Crippen LogP contribution in [0.4, 0.5) is 0 Å². The second-order valence-electron chi connectivity index (χ2n) is 3.99. The number of nitrogens with one attached hydrogen (secondary N) is 1. The number of carboxylic acids is 1. The zero-order valence-electron chi connectivity index (χ0n) is 9.86. The van der Waals surface area contributed by atoms with E-state index in [9.17, 15) is 4.79 Å². The smallest absolute Gasteiger partial charge is 0.371 e. The molecule has 1 rings (SSSR count). The molecule has 1 aromatic heterocycles. The van der Waals surface area contributed by atoms with E-state index in [0.29, 0.717) is 5.76 Å². The lowest BCUT2D eigenvalue weighted by Crippen LogP contribution is -2.28. The van der Waals surface area contributed by atoms with Crippen molar-refractivity contribution >= 4 is 5.97 Å². The third kappa shape index (κ3) is 3.67. The summed E-state index contributed by atoms with van der Waals surface area (Å²) >= 11 is 0. The van der Waals surface area contributed by atoms with Crippen LogP contribution in [0.5, 0.6) is 0 Å². The van der Waals surface area contributed by atoms with Gasteiger partial charge in [-0.2, -0.15) is 0 Å². The highest BCUT2D eigenvalue weighted by Crippen LogP contribution is 2.15. The summed E-state index contributed by atoms with van der Waals surface area (Å²) in [6.07, 6.45) is 0. The van der Waals surface area contributed by atoms with Crippen LogP contribution < -0.4 is 5.32 Å². The Labute approximate surface area is 95.0 Å². The number of rotatable bonds is 6. The van der Waals surface area contributed by atoms with Crippen molar-refractivity contribution in [2.45, 2.75) is 13.0 Å². The molecule has 0 aliphatic heterocycles. The van der Waals surface area contributed by atoms with E-state index in [4.69, 9.17) is 9.52 Å². The van der Waals surface area contributed by atoms with E-state index in [0.717, 1.165) is 13.1 Å². The minimum absolute atomic E-state index is 0.0174. The second kappa shape index (κ2) is 5.67. The van der Waals surface area contributed by atoms with Gasteiger partial charge in [0.05, 0.1) is 6.04 Å². The highest BCUT2D eigenvalue weighted by Gasteiger charge is 2.13. The Balaban J connectivity index is 2.46. The standard InChI is InChI=1S/C11H18N2O3/c1-8(12-6-7-13(2)3)9-4-5-10(16-9)11(14)15/h4-5,8,12H,6-7H2,1-3H3,(H,14,15). The van der Waals surface area contributed by atoms with Crippen molar-refractivity contribution in [2.24, 2.45) is 0 Å². The Hall–Kier alpha value is -1.33. The maximum atomic E-state index is 10.6. The molecule has 0 saturated carbocycles. The van der Waals surface area contributed by atoms with Gasteiger partial charge in [0.25, 0.3) is 0 Å². The lowest BCUT2D eigenvalue weighted by molar-refractivity contribution is 0.0659. The molecule has 0 spiro atoms. The SMILES string of the molecule is CC(NCCN(C)C)c1ccc(C(=O)O)o1. The molecule has 1 aromatic rings. The van der Waals surface area contributed by atoms with Gasteiger partial charge >= 0.3 is 5.97 Å². The first-order chi connectivity index (χ1) is 7.50. The van der Waals surface area contributed by atoms with Gasteiger partial charge in [-0.25, -0.2) is 4.79 Å². The first kappa shape index (κ1) is 12.7. The second-order valence-corrected chi connectivity index (χ2v) is 3.99.